The minimum absolute atomic E-state index is 0.112. The van der Waals surface area contributed by atoms with Crippen molar-refractivity contribution in [2.75, 3.05) is 5.75 Å². The highest BCUT2D eigenvalue weighted by atomic mass is 32.1. The molecule has 0 aliphatic heterocycles. The highest BCUT2D eigenvalue weighted by molar-refractivity contribution is 7.81. The van der Waals surface area contributed by atoms with Gasteiger partial charge >= 0.3 is 0 Å². The molecular weight excluding hydrogens is 176 g/mol. The molecule has 0 spiro atoms. The van der Waals surface area contributed by atoms with Gasteiger partial charge in [0.25, 0.3) is 0 Å². The van der Waals surface area contributed by atoms with Crippen molar-refractivity contribution in [2.45, 2.75) is 13.5 Å². The number of carbonyl (C=O) groups excluding carboxylic acids is 1. The van der Waals surface area contributed by atoms with E-state index in [1.54, 1.807) is 13.0 Å². The molecule has 1 aromatic heterocycles. The number of thiol groups is 1. The lowest BCUT2D eigenvalue weighted by Gasteiger charge is -1.97. The van der Waals surface area contributed by atoms with Gasteiger partial charge in [-0.25, -0.2) is 0 Å². The lowest BCUT2D eigenvalue weighted by atomic mass is 10.4. The van der Waals surface area contributed by atoms with Crippen molar-refractivity contribution < 1.29 is 9.32 Å². The van der Waals surface area contributed by atoms with Crippen LogP contribution in [0.1, 0.15) is 11.5 Å². The highest BCUT2D eigenvalue weighted by Crippen LogP contribution is 2.00. The Kier molecular flexibility index (Phi) is 3.16. The van der Waals surface area contributed by atoms with E-state index in [0.717, 1.165) is 11.5 Å². The fourth-order valence-corrected chi connectivity index (χ4v) is 0.858. The Morgan fingerprint density at radius 3 is 3.08 bits per heavy atom. The zero-order chi connectivity index (χ0) is 8.97. The maximum Gasteiger partial charge on any atom is 0.230 e. The Hall–Kier alpha value is -0.970. The van der Waals surface area contributed by atoms with Crippen molar-refractivity contribution in [2.24, 2.45) is 0 Å². The van der Waals surface area contributed by atoms with E-state index in [9.17, 15) is 4.79 Å². The second-order valence-electron chi connectivity index (χ2n) is 2.36. The molecule has 0 bridgehead atoms. The molecule has 5 heteroatoms. The third-order valence-corrected chi connectivity index (χ3v) is 1.57. The molecule has 12 heavy (non-hydrogen) atoms. The Bertz CT molecular complexity index is 272. The molecule has 0 aliphatic rings. The Balaban J connectivity index is 2.38. The van der Waals surface area contributed by atoms with Gasteiger partial charge in [0, 0.05) is 6.07 Å². The van der Waals surface area contributed by atoms with E-state index in [1.807, 2.05) is 0 Å². The van der Waals surface area contributed by atoms with E-state index in [2.05, 4.69) is 23.1 Å². The quantitative estimate of drug-likeness (QED) is 0.677. The number of amides is 1. The van der Waals surface area contributed by atoms with Gasteiger partial charge in [-0.15, -0.1) is 0 Å². The molecule has 0 atom stereocenters. The molecule has 66 valence electrons. The summed E-state index contributed by atoms with van der Waals surface area (Å²) in [6.45, 7) is 2.20. The maximum absolute atomic E-state index is 10.7. The predicted molar refractivity (Wildman–Crippen MR) is 46.9 cm³/mol. The van der Waals surface area contributed by atoms with E-state index < -0.39 is 0 Å². The molecule has 0 aliphatic carbocycles. The van der Waals surface area contributed by atoms with E-state index in [4.69, 9.17) is 4.52 Å². The van der Waals surface area contributed by atoms with E-state index in [-0.39, 0.29) is 11.7 Å². The fraction of sp³-hybridized carbons (Fsp3) is 0.429. The number of hydrogen-bond donors (Lipinski definition) is 2. The smallest absolute Gasteiger partial charge is 0.230 e. The van der Waals surface area contributed by atoms with Crippen LogP contribution in [0.4, 0.5) is 0 Å². The molecule has 1 aromatic rings. The number of carbonyl (C=O) groups is 1. The average molecular weight is 186 g/mol. The lowest BCUT2D eigenvalue weighted by Crippen LogP contribution is -2.23. The number of aryl methyl sites for hydroxylation is 1. The zero-order valence-corrected chi connectivity index (χ0v) is 7.60. The Morgan fingerprint density at radius 1 is 1.83 bits per heavy atom. The van der Waals surface area contributed by atoms with Crippen molar-refractivity contribution >= 4 is 18.5 Å². The maximum atomic E-state index is 10.7. The first kappa shape index (κ1) is 9.12. The molecule has 4 nitrogen and oxygen atoms in total. The van der Waals surface area contributed by atoms with Crippen molar-refractivity contribution in [1.82, 2.24) is 10.5 Å². The summed E-state index contributed by atoms with van der Waals surface area (Å²) >= 11 is 3.81. The summed E-state index contributed by atoms with van der Waals surface area (Å²) in [6, 6.07) is 1.78. The molecule has 1 N–H and O–H groups in total. The third kappa shape index (κ3) is 2.58. The van der Waals surface area contributed by atoms with Gasteiger partial charge in [0.2, 0.25) is 5.91 Å². The average Bonchev–Trinajstić information content (AvgIpc) is 2.47. The van der Waals surface area contributed by atoms with Gasteiger partial charge in [-0.05, 0) is 6.92 Å². The Labute approximate surface area is 75.7 Å². The van der Waals surface area contributed by atoms with Gasteiger partial charge in [-0.3, -0.25) is 4.79 Å². The van der Waals surface area contributed by atoms with Crippen LogP contribution in [0.3, 0.4) is 0 Å². The van der Waals surface area contributed by atoms with Crippen molar-refractivity contribution in [3.05, 3.63) is 17.5 Å². The summed E-state index contributed by atoms with van der Waals surface area (Å²) in [6.07, 6.45) is 0. The van der Waals surface area contributed by atoms with Gasteiger partial charge < -0.3 is 9.84 Å². The molecule has 0 radical (unpaired) electrons. The van der Waals surface area contributed by atoms with Crippen molar-refractivity contribution in [3.8, 4) is 0 Å². The molecule has 0 saturated carbocycles. The van der Waals surface area contributed by atoms with E-state index in [0.29, 0.717) is 6.54 Å². The first-order chi connectivity index (χ1) is 5.72. The van der Waals surface area contributed by atoms with Crippen LogP contribution in [-0.2, 0) is 11.3 Å². The number of aromatic nitrogens is 1. The summed E-state index contributed by atoms with van der Waals surface area (Å²) in [5.74, 6) is 0.820. The number of nitrogens with one attached hydrogen (secondary N) is 1. The summed E-state index contributed by atoms with van der Waals surface area (Å²) < 4.78 is 4.81. The van der Waals surface area contributed by atoms with Crippen LogP contribution in [-0.4, -0.2) is 16.8 Å². The lowest BCUT2D eigenvalue weighted by molar-refractivity contribution is -0.118. The predicted octanol–water partition coefficient (Wildman–Crippen LogP) is 0.529. The fourth-order valence-electron chi connectivity index (χ4n) is 0.746. The van der Waals surface area contributed by atoms with E-state index >= 15 is 0 Å². The monoisotopic (exact) mass is 186 g/mol. The van der Waals surface area contributed by atoms with Crippen LogP contribution >= 0.6 is 12.6 Å². The summed E-state index contributed by atoms with van der Waals surface area (Å²) in [5, 5.41) is 6.33. The second-order valence-corrected chi connectivity index (χ2v) is 2.68. The molecule has 0 unspecified atom stereocenters. The molecule has 0 fully saturated rings. The van der Waals surface area contributed by atoms with Gasteiger partial charge in [-0.2, -0.15) is 12.6 Å². The van der Waals surface area contributed by atoms with Crippen LogP contribution in [0.5, 0.6) is 0 Å². The second kappa shape index (κ2) is 4.15. The Morgan fingerprint density at radius 2 is 2.58 bits per heavy atom. The number of rotatable bonds is 3. The van der Waals surface area contributed by atoms with Crippen molar-refractivity contribution in [3.63, 3.8) is 0 Å². The first-order valence-electron chi connectivity index (χ1n) is 3.52. The molecule has 0 saturated heterocycles. The zero-order valence-electron chi connectivity index (χ0n) is 6.70. The number of hydrogen-bond acceptors (Lipinski definition) is 4. The van der Waals surface area contributed by atoms with E-state index in [1.165, 1.54) is 0 Å². The van der Waals surface area contributed by atoms with Crippen LogP contribution in [0, 0.1) is 6.92 Å². The van der Waals surface area contributed by atoms with Gasteiger partial charge in [0.05, 0.1) is 12.3 Å². The largest absolute Gasteiger partial charge is 0.361 e. The van der Waals surface area contributed by atoms with Gasteiger partial charge in [0.1, 0.15) is 11.5 Å². The van der Waals surface area contributed by atoms with Crippen LogP contribution in [0.15, 0.2) is 10.6 Å². The molecule has 1 heterocycles. The molecule has 0 aromatic carbocycles. The normalized spacial score (nSPS) is 9.83. The third-order valence-electron chi connectivity index (χ3n) is 1.29. The number of nitrogens with zero attached hydrogens (tertiary/aromatic N) is 1. The van der Waals surface area contributed by atoms with Crippen LogP contribution in [0.2, 0.25) is 0 Å². The molecular formula is C7H10N2O2S. The van der Waals surface area contributed by atoms with Gasteiger partial charge in [-0.1, -0.05) is 5.16 Å². The molecule has 1 rings (SSSR count). The SMILES string of the molecule is Cc1cc(CNC(=O)CS)no1. The minimum atomic E-state index is -0.112. The summed E-state index contributed by atoms with van der Waals surface area (Å²) in [4.78, 5) is 10.7. The minimum Gasteiger partial charge on any atom is -0.361 e. The van der Waals surface area contributed by atoms with Crippen LogP contribution in [0.25, 0.3) is 0 Å². The summed E-state index contributed by atoms with van der Waals surface area (Å²) in [7, 11) is 0. The van der Waals surface area contributed by atoms with Gasteiger partial charge in [0.15, 0.2) is 0 Å². The van der Waals surface area contributed by atoms with Crippen LogP contribution < -0.4 is 5.32 Å². The van der Waals surface area contributed by atoms with Crippen molar-refractivity contribution in [1.29, 1.82) is 0 Å². The standard InChI is InChI=1S/C7H10N2O2S/c1-5-2-6(9-11-5)3-8-7(10)4-12/h2,12H,3-4H2,1H3,(H,8,10). The topological polar surface area (TPSA) is 55.1 Å². The molecule has 1 amide bonds. The summed E-state index contributed by atoms with van der Waals surface area (Å²) in [5.41, 5.74) is 0.725. The highest BCUT2D eigenvalue weighted by Gasteiger charge is 2.01. The first-order valence-corrected chi connectivity index (χ1v) is 4.15.